The second-order valence-corrected chi connectivity index (χ2v) is 3.33. The highest BCUT2D eigenvalue weighted by Gasteiger charge is 2.18. The maximum atomic E-state index is 12.2. The van der Waals surface area contributed by atoms with Gasteiger partial charge in [0.2, 0.25) is 11.5 Å². The van der Waals surface area contributed by atoms with E-state index in [9.17, 15) is 13.6 Å². The summed E-state index contributed by atoms with van der Waals surface area (Å²) in [6, 6.07) is 5.70. The molecule has 2 aromatic rings. The highest BCUT2D eigenvalue weighted by molar-refractivity contribution is 6.06. The Balaban J connectivity index is 2.19. The SMILES string of the molecule is Nc1nonc1C(=O)Nc1ccccc1OC(F)F. The normalized spacial score (nSPS) is 10.5. The number of nitrogens with two attached hydrogens (primary N) is 1. The van der Waals surface area contributed by atoms with E-state index in [1.54, 1.807) is 6.07 Å². The van der Waals surface area contributed by atoms with Crippen LogP contribution in [0.1, 0.15) is 10.5 Å². The Labute approximate surface area is 105 Å². The molecule has 0 fully saturated rings. The van der Waals surface area contributed by atoms with Crippen LogP contribution in [0.4, 0.5) is 20.3 Å². The van der Waals surface area contributed by atoms with Gasteiger partial charge in [0.1, 0.15) is 5.75 Å². The molecule has 0 unspecified atom stereocenters. The molecule has 0 spiro atoms. The van der Waals surface area contributed by atoms with Gasteiger partial charge in [-0.3, -0.25) is 4.79 Å². The maximum absolute atomic E-state index is 12.2. The predicted octanol–water partition coefficient (Wildman–Crippen LogP) is 1.51. The molecule has 0 bridgehead atoms. The minimum Gasteiger partial charge on any atom is -0.433 e. The van der Waals surface area contributed by atoms with Gasteiger partial charge in [0.15, 0.2) is 0 Å². The van der Waals surface area contributed by atoms with Crippen molar-refractivity contribution in [2.45, 2.75) is 6.61 Å². The third kappa shape index (κ3) is 2.94. The monoisotopic (exact) mass is 270 g/mol. The van der Waals surface area contributed by atoms with Crippen molar-refractivity contribution >= 4 is 17.4 Å². The molecule has 0 aliphatic carbocycles. The number of para-hydroxylation sites is 2. The van der Waals surface area contributed by atoms with Crippen molar-refractivity contribution in [2.75, 3.05) is 11.1 Å². The molecule has 1 aromatic heterocycles. The number of nitrogens with one attached hydrogen (secondary N) is 1. The van der Waals surface area contributed by atoms with E-state index in [0.29, 0.717) is 0 Å². The van der Waals surface area contributed by atoms with Gasteiger partial charge in [-0.25, -0.2) is 4.63 Å². The van der Waals surface area contributed by atoms with E-state index in [1.165, 1.54) is 18.2 Å². The molecule has 19 heavy (non-hydrogen) atoms. The van der Waals surface area contributed by atoms with Crippen molar-refractivity contribution in [3.8, 4) is 5.75 Å². The van der Waals surface area contributed by atoms with E-state index < -0.39 is 12.5 Å². The average molecular weight is 270 g/mol. The summed E-state index contributed by atoms with van der Waals surface area (Å²) in [4.78, 5) is 11.7. The first-order valence-corrected chi connectivity index (χ1v) is 5.01. The Morgan fingerprint density at radius 2 is 2.11 bits per heavy atom. The number of anilines is 2. The van der Waals surface area contributed by atoms with Gasteiger partial charge in [-0.1, -0.05) is 12.1 Å². The lowest BCUT2D eigenvalue weighted by atomic mass is 10.3. The number of hydrogen-bond acceptors (Lipinski definition) is 6. The van der Waals surface area contributed by atoms with Crippen LogP contribution < -0.4 is 15.8 Å². The first kappa shape index (κ1) is 12.7. The molecule has 0 aliphatic rings. The van der Waals surface area contributed by atoms with Crippen LogP contribution in [0.15, 0.2) is 28.9 Å². The third-order valence-corrected chi connectivity index (χ3v) is 2.08. The quantitative estimate of drug-likeness (QED) is 0.872. The van der Waals surface area contributed by atoms with Gasteiger partial charge in [-0.05, 0) is 22.4 Å². The topological polar surface area (TPSA) is 103 Å². The van der Waals surface area contributed by atoms with E-state index in [4.69, 9.17) is 5.73 Å². The van der Waals surface area contributed by atoms with Crippen molar-refractivity contribution in [1.82, 2.24) is 10.3 Å². The van der Waals surface area contributed by atoms with Crippen LogP contribution in [-0.4, -0.2) is 22.8 Å². The van der Waals surface area contributed by atoms with Crippen LogP contribution in [0.3, 0.4) is 0 Å². The fourth-order valence-corrected chi connectivity index (χ4v) is 1.30. The predicted molar refractivity (Wildman–Crippen MR) is 59.7 cm³/mol. The molecule has 0 saturated heterocycles. The number of aromatic nitrogens is 2. The number of nitrogen functional groups attached to an aromatic ring is 1. The molecule has 1 aromatic carbocycles. The van der Waals surface area contributed by atoms with Crippen LogP contribution in [0.5, 0.6) is 5.75 Å². The number of benzene rings is 1. The lowest BCUT2D eigenvalue weighted by Crippen LogP contribution is -2.15. The van der Waals surface area contributed by atoms with Crippen molar-refractivity contribution in [1.29, 1.82) is 0 Å². The lowest BCUT2D eigenvalue weighted by molar-refractivity contribution is -0.0493. The molecule has 1 heterocycles. The molecule has 1 amide bonds. The second-order valence-electron chi connectivity index (χ2n) is 3.33. The van der Waals surface area contributed by atoms with E-state index in [0.717, 1.165) is 0 Å². The maximum Gasteiger partial charge on any atom is 0.387 e. The first-order valence-electron chi connectivity index (χ1n) is 5.01. The Bertz CT molecular complexity index is 588. The number of carbonyl (C=O) groups excluding carboxylic acids is 1. The van der Waals surface area contributed by atoms with Crippen molar-refractivity contribution in [2.24, 2.45) is 0 Å². The third-order valence-electron chi connectivity index (χ3n) is 2.08. The van der Waals surface area contributed by atoms with Crippen molar-refractivity contribution in [3.63, 3.8) is 0 Å². The van der Waals surface area contributed by atoms with Gasteiger partial charge in [0.05, 0.1) is 5.69 Å². The summed E-state index contributed by atoms with van der Waals surface area (Å²) >= 11 is 0. The summed E-state index contributed by atoms with van der Waals surface area (Å²) in [7, 11) is 0. The van der Waals surface area contributed by atoms with Gasteiger partial charge in [-0.2, -0.15) is 8.78 Å². The molecular formula is C10H8F2N4O3. The summed E-state index contributed by atoms with van der Waals surface area (Å²) in [6.07, 6.45) is 0. The molecule has 0 saturated carbocycles. The van der Waals surface area contributed by atoms with Crippen LogP contribution >= 0.6 is 0 Å². The molecule has 0 aliphatic heterocycles. The van der Waals surface area contributed by atoms with Crippen molar-refractivity contribution < 1.29 is 22.9 Å². The number of halogens is 2. The number of ether oxygens (including phenoxy) is 1. The fraction of sp³-hybridized carbons (Fsp3) is 0.100. The minimum atomic E-state index is -3.00. The molecule has 0 radical (unpaired) electrons. The summed E-state index contributed by atoms with van der Waals surface area (Å²) in [5, 5.41) is 8.84. The highest BCUT2D eigenvalue weighted by atomic mass is 19.3. The number of alkyl halides is 2. The minimum absolute atomic E-state index is 0.0511. The highest BCUT2D eigenvalue weighted by Crippen LogP contribution is 2.26. The largest absolute Gasteiger partial charge is 0.433 e. The number of hydrogen-bond donors (Lipinski definition) is 2. The van der Waals surface area contributed by atoms with E-state index in [-0.39, 0.29) is 22.9 Å². The summed E-state index contributed by atoms with van der Waals surface area (Å²) in [5.74, 6) is -1.13. The zero-order valence-electron chi connectivity index (χ0n) is 9.34. The van der Waals surface area contributed by atoms with Gasteiger partial charge in [0.25, 0.3) is 5.91 Å². The Morgan fingerprint density at radius 1 is 1.37 bits per heavy atom. The summed E-state index contributed by atoms with van der Waals surface area (Å²) < 4.78 is 32.9. The zero-order chi connectivity index (χ0) is 13.8. The van der Waals surface area contributed by atoms with E-state index in [1.807, 2.05) is 0 Å². The number of nitrogens with zero attached hydrogens (tertiary/aromatic N) is 2. The van der Waals surface area contributed by atoms with Gasteiger partial charge >= 0.3 is 6.61 Å². The lowest BCUT2D eigenvalue weighted by Gasteiger charge is -2.10. The van der Waals surface area contributed by atoms with Crippen LogP contribution in [0, 0.1) is 0 Å². The van der Waals surface area contributed by atoms with Gasteiger partial charge in [0, 0.05) is 0 Å². The standard InChI is InChI=1S/C10H8F2N4O3/c11-10(12)18-6-4-2-1-3-5(6)14-9(17)7-8(13)16-19-15-7/h1-4,10H,(H2,13,16)(H,14,17). The molecular weight excluding hydrogens is 262 g/mol. The summed E-state index contributed by atoms with van der Waals surface area (Å²) in [6.45, 7) is -3.00. The molecule has 9 heteroatoms. The van der Waals surface area contributed by atoms with Crippen LogP contribution in [0.25, 0.3) is 0 Å². The van der Waals surface area contributed by atoms with Crippen LogP contribution in [0.2, 0.25) is 0 Å². The van der Waals surface area contributed by atoms with Gasteiger partial charge < -0.3 is 15.8 Å². The molecule has 2 rings (SSSR count). The molecule has 7 nitrogen and oxygen atoms in total. The fourth-order valence-electron chi connectivity index (χ4n) is 1.30. The smallest absolute Gasteiger partial charge is 0.387 e. The van der Waals surface area contributed by atoms with E-state index in [2.05, 4.69) is 25.0 Å². The molecule has 100 valence electrons. The number of carbonyl (C=O) groups is 1. The molecule has 3 N–H and O–H groups in total. The second kappa shape index (κ2) is 5.29. The molecule has 0 atom stereocenters. The van der Waals surface area contributed by atoms with Crippen LogP contribution in [-0.2, 0) is 0 Å². The first-order chi connectivity index (χ1) is 9.08. The summed E-state index contributed by atoms with van der Waals surface area (Å²) in [5.41, 5.74) is 5.14. The van der Waals surface area contributed by atoms with Gasteiger partial charge in [-0.15, -0.1) is 0 Å². The van der Waals surface area contributed by atoms with E-state index >= 15 is 0 Å². The number of rotatable bonds is 4. The van der Waals surface area contributed by atoms with Crippen molar-refractivity contribution in [3.05, 3.63) is 30.0 Å². The Kier molecular flexibility index (Phi) is 3.55. The Morgan fingerprint density at radius 3 is 2.74 bits per heavy atom. The zero-order valence-corrected chi connectivity index (χ0v) is 9.34. The number of amides is 1. The average Bonchev–Trinajstić information content (AvgIpc) is 2.77. The Hall–Kier alpha value is -2.71.